The summed E-state index contributed by atoms with van der Waals surface area (Å²) in [5.74, 6) is 1.14. The first-order valence-electron chi connectivity index (χ1n) is 12.5. The van der Waals surface area contributed by atoms with Crippen LogP contribution in [0.2, 0.25) is 0 Å². The predicted octanol–water partition coefficient (Wildman–Crippen LogP) is 4.29. The van der Waals surface area contributed by atoms with E-state index in [1.807, 2.05) is 54.7 Å². The van der Waals surface area contributed by atoms with Crippen molar-refractivity contribution in [2.75, 3.05) is 13.3 Å². The minimum absolute atomic E-state index is 0.159. The van der Waals surface area contributed by atoms with Crippen LogP contribution < -0.4 is 25.5 Å². The van der Waals surface area contributed by atoms with Gasteiger partial charge in [-0.25, -0.2) is 4.98 Å². The van der Waals surface area contributed by atoms with Crippen LogP contribution in [0.5, 0.6) is 17.2 Å². The maximum Gasteiger partial charge on any atom is 0.300 e. The van der Waals surface area contributed by atoms with Gasteiger partial charge in [0.2, 0.25) is 6.79 Å². The lowest BCUT2D eigenvalue weighted by atomic mass is 10.1. The highest BCUT2D eigenvalue weighted by molar-refractivity contribution is 5.96. The molecule has 4 N–H and O–H groups in total. The fourth-order valence-electron chi connectivity index (χ4n) is 4.40. The fourth-order valence-corrected chi connectivity index (χ4v) is 4.40. The van der Waals surface area contributed by atoms with Crippen molar-refractivity contribution in [2.45, 2.75) is 26.5 Å². The molecule has 0 unspecified atom stereocenters. The first-order valence-corrected chi connectivity index (χ1v) is 12.5. The lowest BCUT2D eigenvalue weighted by Gasteiger charge is -2.08. The minimum Gasteiger partial charge on any atom is -0.489 e. The molecule has 0 amide bonds. The Bertz CT molecular complexity index is 1690. The van der Waals surface area contributed by atoms with Crippen molar-refractivity contribution in [3.05, 3.63) is 82.8 Å². The average molecular weight is 529 g/mol. The lowest BCUT2D eigenvalue weighted by Crippen LogP contribution is -2.11. The second-order valence-electron chi connectivity index (χ2n) is 8.99. The number of rotatable bonds is 7. The Kier molecular flexibility index (Phi) is 7.46. The Morgan fingerprint density at radius 1 is 1.13 bits per heavy atom. The Balaban J connectivity index is 0.000000723. The van der Waals surface area contributed by atoms with Gasteiger partial charge in [-0.2, -0.15) is 0 Å². The average Bonchev–Trinajstić information content (AvgIpc) is 3.53. The van der Waals surface area contributed by atoms with Crippen molar-refractivity contribution in [1.29, 1.82) is 0 Å². The quantitative estimate of drug-likeness (QED) is 0.284. The highest BCUT2D eigenvalue weighted by Crippen LogP contribution is 2.36. The zero-order chi connectivity index (χ0) is 27.4. The van der Waals surface area contributed by atoms with E-state index in [1.54, 1.807) is 12.1 Å². The molecule has 3 aromatic carbocycles. The first kappa shape index (κ1) is 25.8. The van der Waals surface area contributed by atoms with Gasteiger partial charge in [-0.15, -0.1) is 0 Å². The van der Waals surface area contributed by atoms with Gasteiger partial charge in [-0.05, 0) is 30.7 Å². The minimum atomic E-state index is -0.833. The number of aryl methyl sites for hydroxylation is 1. The molecule has 0 atom stereocenters. The molecule has 0 saturated carbocycles. The van der Waals surface area contributed by atoms with Gasteiger partial charge in [0.1, 0.15) is 18.1 Å². The number of aromatic nitrogens is 3. The molecule has 1 aliphatic heterocycles. The van der Waals surface area contributed by atoms with Crippen molar-refractivity contribution >= 4 is 27.9 Å². The van der Waals surface area contributed by atoms with Gasteiger partial charge in [-0.1, -0.05) is 30.3 Å². The van der Waals surface area contributed by atoms with Crippen molar-refractivity contribution in [1.82, 2.24) is 14.5 Å². The molecule has 0 fully saturated rings. The Morgan fingerprint density at radius 3 is 2.62 bits per heavy atom. The van der Waals surface area contributed by atoms with Crippen LogP contribution in [0, 0.1) is 0 Å². The zero-order valence-corrected chi connectivity index (χ0v) is 21.3. The molecule has 0 radical (unpaired) electrons. The SMILES string of the molecule is CC(=O)O.NCCCn1cc(-c2nc3cc4c(cc3[nH]c2=O)OCO4)c2ccc(OCc3ccccc3)cc21. The van der Waals surface area contributed by atoms with Gasteiger partial charge in [-0.3, -0.25) is 9.59 Å². The molecule has 10 heteroatoms. The highest BCUT2D eigenvalue weighted by atomic mass is 16.7. The molecule has 1 aliphatic rings. The molecule has 39 heavy (non-hydrogen) atoms. The number of hydrogen-bond acceptors (Lipinski definition) is 7. The second kappa shape index (κ2) is 11.3. The van der Waals surface area contributed by atoms with Gasteiger partial charge >= 0.3 is 0 Å². The molecule has 0 spiro atoms. The number of carboxylic acids is 1. The Morgan fingerprint density at radius 2 is 1.87 bits per heavy atom. The van der Waals surface area contributed by atoms with Gasteiger partial charge in [0, 0.05) is 48.8 Å². The molecule has 6 rings (SSSR count). The number of aliphatic carboxylic acids is 1. The zero-order valence-electron chi connectivity index (χ0n) is 21.3. The fraction of sp³-hybridized carbons (Fsp3) is 0.207. The van der Waals surface area contributed by atoms with E-state index in [1.165, 1.54) is 0 Å². The van der Waals surface area contributed by atoms with Crippen molar-refractivity contribution in [3.8, 4) is 28.5 Å². The van der Waals surface area contributed by atoms with Crippen LogP contribution in [-0.4, -0.2) is 38.9 Å². The standard InChI is InChI=1S/C27H24N4O4.C2H4O2/c28-9-4-10-31-14-20(19-8-7-18(11-23(19)31)33-15-17-5-2-1-3-6-17)26-27(32)30-22-13-25-24(34-16-35-25)12-21(22)29-26;1-2(3)4/h1-3,5-8,11-14H,4,9-10,15-16,28H2,(H,30,32);1H3,(H,3,4). The highest BCUT2D eigenvalue weighted by Gasteiger charge is 2.19. The number of aromatic amines is 1. The number of nitrogens with two attached hydrogens (primary N) is 1. The molecule has 5 aromatic rings. The molecule has 3 heterocycles. The van der Waals surface area contributed by atoms with Crippen LogP contribution in [0.1, 0.15) is 18.9 Å². The number of benzene rings is 3. The first-order chi connectivity index (χ1) is 18.9. The normalized spacial score (nSPS) is 11.8. The maximum atomic E-state index is 13.1. The van der Waals surface area contributed by atoms with Crippen LogP contribution in [0.15, 0.2) is 71.7 Å². The Labute approximate surface area is 223 Å². The van der Waals surface area contributed by atoms with Crippen LogP contribution in [0.4, 0.5) is 0 Å². The van der Waals surface area contributed by atoms with Crippen molar-refractivity contribution in [2.24, 2.45) is 5.73 Å². The molecule has 0 aliphatic carbocycles. The summed E-state index contributed by atoms with van der Waals surface area (Å²) in [6.45, 7) is 3.01. The number of nitrogens with zero attached hydrogens (tertiary/aromatic N) is 2. The van der Waals surface area contributed by atoms with E-state index in [0.29, 0.717) is 41.4 Å². The van der Waals surface area contributed by atoms with Crippen LogP contribution in [0.3, 0.4) is 0 Å². The summed E-state index contributed by atoms with van der Waals surface area (Å²) in [6, 6.07) is 19.5. The molecular weight excluding hydrogens is 500 g/mol. The number of carboxylic acid groups (broad SMARTS) is 1. The molecule has 0 saturated heterocycles. The number of ether oxygens (including phenoxy) is 3. The third-order valence-corrected chi connectivity index (χ3v) is 6.15. The van der Waals surface area contributed by atoms with E-state index in [2.05, 4.69) is 9.55 Å². The summed E-state index contributed by atoms with van der Waals surface area (Å²) >= 11 is 0. The maximum absolute atomic E-state index is 13.1. The summed E-state index contributed by atoms with van der Waals surface area (Å²) < 4.78 is 19.1. The summed E-state index contributed by atoms with van der Waals surface area (Å²) in [7, 11) is 0. The third kappa shape index (κ3) is 5.70. The van der Waals surface area contributed by atoms with E-state index in [4.69, 9.17) is 34.8 Å². The second-order valence-corrected chi connectivity index (χ2v) is 8.99. The smallest absolute Gasteiger partial charge is 0.300 e. The molecule has 200 valence electrons. The summed E-state index contributed by atoms with van der Waals surface area (Å²) in [4.78, 5) is 29.7. The summed E-state index contributed by atoms with van der Waals surface area (Å²) in [5.41, 5.74) is 9.93. The summed E-state index contributed by atoms with van der Waals surface area (Å²) in [5, 5.41) is 8.34. The Hall–Kier alpha value is -4.83. The monoisotopic (exact) mass is 528 g/mol. The molecular formula is C29H28N4O6. The molecule has 0 bridgehead atoms. The number of H-pyrrole nitrogens is 1. The third-order valence-electron chi connectivity index (χ3n) is 6.15. The number of nitrogens with one attached hydrogen (secondary N) is 1. The van der Waals surface area contributed by atoms with E-state index in [0.717, 1.165) is 47.7 Å². The van der Waals surface area contributed by atoms with E-state index < -0.39 is 5.97 Å². The van der Waals surface area contributed by atoms with Gasteiger partial charge in [0.25, 0.3) is 11.5 Å². The van der Waals surface area contributed by atoms with Crippen molar-refractivity contribution < 1.29 is 24.1 Å². The summed E-state index contributed by atoms with van der Waals surface area (Å²) in [6.07, 6.45) is 2.78. The number of carbonyl (C=O) groups is 1. The topological polar surface area (TPSA) is 142 Å². The number of fused-ring (bicyclic) bond motifs is 3. The van der Waals surface area contributed by atoms with Crippen LogP contribution >= 0.6 is 0 Å². The van der Waals surface area contributed by atoms with Gasteiger partial charge in [0.05, 0.1) is 16.6 Å². The van der Waals surface area contributed by atoms with E-state index in [9.17, 15) is 4.79 Å². The largest absolute Gasteiger partial charge is 0.489 e. The molecule has 10 nitrogen and oxygen atoms in total. The van der Waals surface area contributed by atoms with Crippen LogP contribution in [-0.2, 0) is 17.9 Å². The molecule has 2 aromatic heterocycles. The lowest BCUT2D eigenvalue weighted by molar-refractivity contribution is -0.134. The van der Waals surface area contributed by atoms with Gasteiger partial charge < -0.3 is 34.6 Å². The van der Waals surface area contributed by atoms with Crippen LogP contribution in [0.25, 0.3) is 33.2 Å². The van der Waals surface area contributed by atoms with E-state index in [-0.39, 0.29) is 12.4 Å². The predicted molar refractivity (Wildman–Crippen MR) is 147 cm³/mol. The van der Waals surface area contributed by atoms with E-state index >= 15 is 0 Å². The van der Waals surface area contributed by atoms with Gasteiger partial charge in [0.15, 0.2) is 11.5 Å². The number of hydrogen-bond donors (Lipinski definition) is 3. The van der Waals surface area contributed by atoms with Crippen molar-refractivity contribution in [3.63, 3.8) is 0 Å².